The molecule has 2 atom stereocenters. The van der Waals surface area contributed by atoms with Crippen LogP contribution in [0, 0.1) is 5.92 Å². The summed E-state index contributed by atoms with van der Waals surface area (Å²) in [6.07, 6.45) is 4.33. The van der Waals surface area contributed by atoms with Crippen LogP contribution in [0.15, 0.2) is 0 Å². The Balaban J connectivity index is 1.85. The smallest absolute Gasteiger partial charge is 0.308 e. The zero-order chi connectivity index (χ0) is 12.1. The molecule has 2 fully saturated rings. The molecule has 1 heterocycles. The quantitative estimate of drug-likeness (QED) is 0.701. The van der Waals surface area contributed by atoms with E-state index in [2.05, 4.69) is 4.90 Å². The number of rotatable bonds is 3. The maximum atomic E-state index is 11.8. The van der Waals surface area contributed by atoms with E-state index >= 15 is 0 Å². The zero-order valence-electron chi connectivity index (χ0n) is 10.7. The fraction of sp³-hybridized carbons (Fsp3) is 0.923. The molecule has 0 spiro atoms. The molecular weight excluding hydrogens is 218 g/mol. The molecule has 2 rings (SSSR count). The van der Waals surface area contributed by atoms with Crippen LogP contribution in [0.4, 0.5) is 0 Å². The van der Waals surface area contributed by atoms with E-state index < -0.39 is 0 Å². The maximum Gasteiger partial charge on any atom is 0.308 e. The lowest BCUT2D eigenvalue weighted by Gasteiger charge is -2.38. The van der Waals surface area contributed by atoms with E-state index in [-0.39, 0.29) is 11.9 Å². The van der Waals surface area contributed by atoms with E-state index in [1.807, 2.05) is 6.92 Å². The van der Waals surface area contributed by atoms with Gasteiger partial charge in [0.25, 0.3) is 0 Å². The molecule has 0 amide bonds. The lowest BCUT2D eigenvalue weighted by molar-refractivity contribution is -0.150. The molecule has 1 aliphatic heterocycles. The van der Waals surface area contributed by atoms with Crippen LogP contribution in [-0.4, -0.2) is 49.8 Å². The number of hydrogen-bond donors (Lipinski definition) is 0. The molecule has 0 aromatic carbocycles. The van der Waals surface area contributed by atoms with Gasteiger partial charge in [-0.05, 0) is 26.2 Å². The van der Waals surface area contributed by atoms with Crippen LogP contribution in [0.2, 0.25) is 0 Å². The molecule has 4 heteroatoms. The van der Waals surface area contributed by atoms with E-state index in [1.165, 1.54) is 6.42 Å². The minimum absolute atomic E-state index is 0.00506. The zero-order valence-corrected chi connectivity index (χ0v) is 10.7. The minimum atomic E-state index is 0.00506. The van der Waals surface area contributed by atoms with Crippen molar-refractivity contribution in [3.8, 4) is 0 Å². The number of ether oxygens (including phenoxy) is 2. The lowest BCUT2D eigenvalue weighted by Crippen LogP contribution is -2.46. The lowest BCUT2D eigenvalue weighted by atomic mass is 9.85. The highest BCUT2D eigenvalue weighted by atomic mass is 16.5. The van der Waals surface area contributed by atoms with Crippen LogP contribution in [-0.2, 0) is 14.3 Å². The molecule has 0 N–H and O–H groups in total. The van der Waals surface area contributed by atoms with Gasteiger partial charge in [-0.2, -0.15) is 0 Å². The van der Waals surface area contributed by atoms with E-state index in [4.69, 9.17) is 9.47 Å². The largest absolute Gasteiger partial charge is 0.466 e. The highest BCUT2D eigenvalue weighted by Gasteiger charge is 2.31. The molecular formula is C13H23NO3. The van der Waals surface area contributed by atoms with Gasteiger partial charge in [0.1, 0.15) is 0 Å². The minimum Gasteiger partial charge on any atom is -0.466 e. The van der Waals surface area contributed by atoms with Gasteiger partial charge >= 0.3 is 5.97 Å². The number of nitrogens with zero attached hydrogens (tertiary/aromatic N) is 1. The molecule has 1 saturated heterocycles. The highest BCUT2D eigenvalue weighted by molar-refractivity contribution is 5.72. The first-order valence-electron chi connectivity index (χ1n) is 6.79. The first-order valence-corrected chi connectivity index (χ1v) is 6.79. The Kier molecular flexibility index (Phi) is 4.80. The first kappa shape index (κ1) is 12.8. The third-order valence-electron chi connectivity index (χ3n) is 3.83. The van der Waals surface area contributed by atoms with Crippen molar-refractivity contribution in [3.63, 3.8) is 0 Å². The van der Waals surface area contributed by atoms with Gasteiger partial charge in [0, 0.05) is 19.1 Å². The van der Waals surface area contributed by atoms with Gasteiger partial charge in [0.15, 0.2) is 0 Å². The third-order valence-corrected chi connectivity index (χ3v) is 3.83. The number of esters is 1. The summed E-state index contributed by atoms with van der Waals surface area (Å²) in [5.41, 5.74) is 0. The van der Waals surface area contributed by atoms with Crippen molar-refractivity contribution in [2.24, 2.45) is 5.92 Å². The average Bonchev–Trinajstić information content (AvgIpc) is 2.40. The second-order valence-electron chi connectivity index (χ2n) is 4.92. The monoisotopic (exact) mass is 241 g/mol. The molecule has 98 valence electrons. The number of carbonyl (C=O) groups is 1. The fourth-order valence-corrected chi connectivity index (χ4v) is 2.91. The molecule has 0 aromatic heterocycles. The van der Waals surface area contributed by atoms with Gasteiger partial charge in [-0.15, -0.1) is 0 Å². The second-order valence-corrected chi connectivity index (χ2v) is 4.92. The van der Waals surface area contributed by atoms with Gasteiger partial charge in [-0.25, -0.2) is 0 Å². The summed E-state index contributed by atoms with van der Waals surface area (Å²) in [6.45, 7) is 6.07. The van der Waals surface area contributed by atoms with Gasteiger partial charge in [-0.1, -0.05) is 6.42 Å². The fourth-order valence-electron chi connectivity index (χ4n) is 2.91. The molecule has 0 aromatic rings. The van der Waals surface area contributed by atoms with Crippen molar-refractivity contribution >= 4 is 5.97 Å². The summed E-state index contributed by atoms with van der Waals surface area (Å²) < 4.78 is 10.5. The number of carbonyl (C=O) groups excluding carboxylic acids is 1. The predicted molar refractivity (Wildman–Crippen MR) is 64.8 cm³/mol. The summed E-state index contributed by atoms with van der Waals surface area (Å²) in [5, 5.41) is 0. The van der Waals surface area contributed by atoms with Crippen LogP contribution in [0.25, 0.3) is 0 Å². The molecule has 1 aliphatic carbocycles. The van der Waals surface area contributed by atoms with Crippen molar-refractivity contribution in [1.82, 2.24) is 4.90 Å². The van der Waals surface area contributed by atoms with Crippen molar-refractivity contribution in [1.29, 1.82) is 0 Å². The Bertz CT molecular complexity index is 251. The van der Waals surface area contributed by atoms with Gasteiger partial charge in [0.05, 0.1) is 25.7 Å². The van der Waals surface area contributed by atoms with Crippen LogP contribution in [0.3, 0.4) is 0 Å². The van der Waals surface area contributed by atoms with E-state index in [0.29, 0.717) is 12.6 Å². The molecule has 2 aliphatic rings. The van der Waals surface area contributed by atoms with Crippen molar-refractivity contribution in [3.05, 3.63) is 0 Å². The number of morpholine rings is 1. The molecule has 1 saturated carbocycles. The Morgan fingerprint density at radius 3 is 2.82 bits per heavy atom. The maximum absolute atomic E-state index is 11.8. The van der Waals surface area contributed by atoms with Crippen molar-refractivity contribution in [2.45, 2.75) is 38.6 Å². The Morgan fingerprint density at radius 1 is 1.35 bits per heavy atom. The second kappa shape index (κ2) is 6.36. The van der Waals surface area contributed by atoms with Crippen LogP contribution in [0.5, 0.6) is 0 Å². The van der Waals surface area contributed by atoms with E-state index in [0.717, 1.165) is 45.6 Å². The topological polar surface area (TPSA) is 38.8 Å². The first-order chi connectivity index (χ1) is 8.31. The predicted octanol–water partition coefficient (Wildman–Crippen LogP) is 1.44. The Morgan fingerprint density at radius 2 is 2.12 bits per heavy atom. The number of hydrogen-bond acceptors (Lipinski definition) is 4. The summed E-state index contributed by atoms with van der Waals surface area (Å²) in [4.78, 5) is 14.2. The van der Waals surface area contributed by atoms with Crippen molar-refractivity contribution in [2.75, 3.05) is 32.9 Å². The van der Waals surface area contributed by atoms with Crippen LogP contribution < -0.4 is 0 Å². The molecule has 4 nitrogen and oxygen atoms in total. The summed E-state index contributed by atoms with van der Waals surface area (Å²) in [6, 6.07) is 0.557. The van der Waals surface area contributed by atoms with E-state index in [1.54, 1.807) is 0 Å². The third kappa shape index (κ3) is 3.42. The molecule has 2 unspecified atom stereocenters. The Labute approximate surface area is 103 Å². The highest BCUT2D eigenvalue weighted by Crippen LogP contribution is 2.29. The summed E-state index contributed by atoms with van der Waals surface area (Å²) >= 11 is 0. The van der Waals surface area contributed by atoms with Crippen LogP contribution >= 0.6 is 0 Å². The molecule has 0 bridgehead atoms. The Hall–Kier alpha value is -0.610. The van der Waals surface area contributed by atoms with Gasteiger partial charge in [0.2, 0.25) is 0 Å². The normalized spacial score (nSPS) is 31.1. The molecule has 17 heavy (non-hydrogen) atoms. The van der Waals surface area contributed by atoms with Crippen LogP contribution in [0.1, 0.15) is 32.6 Å². The summed E-state index contributed by atoms with van der Waals surface area (Å²) in [5.74, 6) is 0.127. The average molecular weight is 241 g/mol. The standard InChI is InChI=1S/C13H23NO3/c1-2-17-13(15)11-4-3-5-12(10-11)14-6-8-16-9-7-14/h11-12H,2-10H2,1H3. The van der Waals surface area contributed by atoms with Gasteiger partial charge < -0.3 is 9.47 Å². The molecule has 0 radical (unpaired) electrons. The van der Waals surface area contributed by atoms with Gasteiger partial charge in [-0.3, -0.25) is 9.69 Å². The van der Waals surface area contributed by atoms with E-state index in [9.17, 15) is 4.79 Å². The van der Waals surface area contributed by atoms with Crippen molar-refractivity contribution < 1.29 is 14.3 Å². The SMILES string of the molecule is CCOC(=O)C1CCCC(N2CCOCC2)C1. The summed E-state index contributed by atoms with van der Waals surface area (Å²) in [7, 11) is 0.